The topological polar surface area (TPSA) is 107 Å². The summed E-state index contributed by atoms with van der Waals surface area (Å²) in [7, 11) is 0. The number of nitrogens with one attached hydrogen (secondary N) is 1. The van der Waals surface area contributed by atoms with Crippen LogP contribution in [-0.4, -0.2) is 25.6 Å². The van der Waals surface area contributed by atoms with E-state index in [1.165, 1.54) is 28.5 Å². The highest BCUT2D eigenvalue weighted by Crippen LogP contribution is 2.29. The number of carbonyl (C=O) groups excluding carboxylic acids is 1. The molecule has 0 bridgehead atoms. The molecule has 0 aliphatic carbocycles. The van der Waals surface area contributed by atoms with Crippen molar-refractivity contribution < 1.29 is 9.72 Å². The number of aryl methyl sites for hydroxylation is 1. The number of benzene rings is 3. The molecule has 0 aliphatic heterocycles. The molecule has 1 aromatic heterocycles. The SMILES string of the molecule is CCC(Sc1nc2ccccc2c(=O)n1-c1ccccc1)C(=O)Nc1cc([N+](=O)[O-])ccc1C. The smallest absolute Gasteiger partial charge is 0.271 e. The van der Waals surface area contributed by atoms with Crippen molar-refractivity contribution in [1.29, 1.82) is 0 Å². The Morgan fingerprint density at radius 3 is 2.53 bits per heavy atom. The van der Waals surface area contributed by atoms with E-state index in [-0.39, 0.29) is 17.2 Å². The molecule has 1 atom stereocenters. The standard InChI is InChI=1S/C25H22N4O4S/c1-3-22(23(30)26-21-15-18(29(32)33)14-13-16(21)2)34-25-27-20-12-8-7-11-19(20)24(31)28(25)17-9-5-4-6-10-17/h4-15,22H,3H2,1-2H3,(H,26,30). The molecule has 1 N–H and O–H groups in total. The molecule has 172 valence electrons. The van der Waals surface area contributed by atoms with E-state index >= 15 is 0 Å². The van der Waals surface area contributed by atoms with Gasteiger partial charge in [0.05, 0.1) is 32.5 Å². The molecule has 0 saturated heterocycles. The summed E-state index contributed by atoms with van der Waals surface area (Å²) >= 11 is 1.19. The van der Waals surface area contributed by atoms with Gasteiger partial charge in [0.2, 0.25) is 5.91 Å². The molecule has 0 radical (unpaired) electrons. The van der Waals surface area contributed by atoms with Gasteiger partial charge in [-0.15, -0.1) is 0 Å². The van der Waals surface area contributed by atoms with Crippen molar-refractivity contribution in [3.63, 3.8) is 0 Å². The summed E-state index contributed by atoms with van der Waals surface area (Å²) in [5.74, 6) is -0.321. The van der Waals surface area contributed by atoms with Gasteiger partial charge in [0.15, 0.2) is 5.16 Å². The van der Waals surface area contributed by atoms with Gasteiger partial charge < -0.3 is 5.32 Å². The number of nitro benzene ring substituents is 1. The van der Waals surface area contributed by atoms with Gasteiger partial charge in [-0.2, -0.15) is 0 Å². The molecule has 9 heteroatoms. The van der Waals surface area contributed by atoms with E-state index in [1.807, 2.05) is 43.3 Å². The highest BCUT2D eigenvalue weighted by molar-refractivity contribution is 8.00. The summed E-state index contributed by atoms with van der Waals surface area (Å²) < 4.78 is 1.52. The van der Waals surface area contributed by atoms with E-state index < -0.39 is 10.2 Å². The normalized spacial score (nSPS) is 11.8. The largest absolute Gasteiger partial charge is 0.325 e. The predicted molar refractivity (Wildman–Crippen MR) is 134 cm³/mol. The van der Waals surface area contributed by atoms with Crippen LogP contribution in [0.15, 0.2) is 82.7 Å². The lowest BCUT2D eigenvalue weighted by Gasteiger charge is -2.18. The number of hydrogen-bond donors (Lipinski definition) is 1. The van der Waals surface area contributed by atoms with Crippen LogP contribution in [0.4, 0.5) is 11.4 Å². The summed E-state index contributed by atoms with van der Waals surface area (Å²) in [5.41, 5.74) is 1.97. The van der Waals surface area contributed by atoms with Gasteiger partial charge >= 0.3 is 0 Å². The van der Waals surface area contributed by atoms with Gasteiger partial charge in [-0.1, -0.05) is 55.1 Å². The van der Waals surface area contributed by atoms with Crippen molar-refractivity contribution in [3.8, 4) is 5.69 Å². The monoisotopic (exact) mass is 474 g/mol. The molecule has 1 heterocycles. The second-order valence-electron chi connectivity index (χ2n) is 7.65. The van der Waals surface area contributed by atoms with Crippen molar-refractivity contribution in [2.45, 2.75) is 30.7 Å². The van der Waals surface area contributed by atoms with E-state index in [0.29, 0.717) is 39.4 Å². The fourth-order valence-electron chi connectivity index (χ4n) is 3.52. The molecule has 1 amide bonds. The minimum atomic E-state index is -0.582. The first kappa shape index (κ1) is 23.2. The van der Waals surface area contributed by atoms with E-state index in [9.17, 15) is 19.7 Å². The number of fused-ring (bicyclic) bond motifs is 1. The zero-order valence-electron chi connectivity index (χ0n) is 18.6. The lowest BCUT2D eigenvalue weighted by molar-refractivity contribution is -0.384. The Hall–Kier alpha value is -3.98. The molecule has 4 aromatic rings. The first-order valence-electron chi connectivity index (χ1n) is 10.7. The molecule has 34 heavy (non-hydrogen) atoms. The number of nitrogens with zero attached hydrogens (tertiary/aromatic N) is 3. The molecule has 0 aliphatic rings. The number of amides is 1. The maximum absolute atomic E-state index is 13.4. The molecule has 1 unspecified atom stereocenters. The third-order valence-corrected chi connectivity index (χ3v) is 6.68. The van der Waals surface area contributed by atoms with Gasteiger partial charge in [0.25, 0.3) is 11.2 Å². The van der Waals surface area contributed by atoms with Crippen molar-refractivity contribution in [3.05, 3.63) is 98.8 Å². The molecular weight excluding hydrogens is 452 g/mol. The Labute approximate surface area is 199 Å². The number of non-ortho nitro benzene ring substituents is 1. The summed E-state index contributed by atoms with van der Waals surface area (Å²) in [4.78, 5) is 41.9. The Balaban J connectivity index is 1.72. The van der Waals surface area contributed by atoms with Crippen molar-refractivity contribution >= 4 is 39.9 Å². The zero-order valence-corrected chi connectivity index (χ0v) is 19.4. The minimum Gasteiger partial charge on any atom is -0.325 e. The number of carbonyl (C=O) groups is 1. The number of nitro groups is 1. The first-order chi connectivity index (χ1) is 16.4. The van der Waals surface area contributed by atoms with Gasteiger partial charge in [0, 0.05) is 12.1 Å². The maximum atomic E-state index is 13.4. The average molecular weight is 475 g/mol. The van der Waals surface area contributed by atoms with E-state index in [2.05, 4.69) is 5.32 Å². The predicted octanol–water partition coefficient (Wildman–Crippen LogP) is 5.11. The molecule has 0 fully saturated rings. The number of hydrogen-bond acceptors (Lipinski definition) is 6. The lowest BCUT2D eigenvalue weighted by Crippen LogP contribution is -2.28. The van der Waals surface area contributed by atoms with Crippen molar-refractivity contribution in [2.24, 2.45) is 0 Å². The second-order valence-corrected chi connectivity index (χ2v) is 8.82. The van der Waals surface area contributed by atoms with Crippen LogP contribution in [0, 0.1) is 17.0 Å². The van der Waals surface area contributed by atoms with Crippen LogP contribution in [0.2, 0.25) is 0 Å². The van der Waals surface area contributed by atoms with Gasteiger partial charge in [-0.05, 0) is 43.2 Å². The van der Waals surface area contributed by atoms with Gasteiger partial charge in [-0.25, -0.2) is 4.98 Å². The fourth-order valence-corrected chi connectivity index (χ4v) is 4.55. The van der Waals surface area contributed by atoms with Crippen molar-refractivity contribution in [2.75, 3.05) is 5.32 Å². The molecular formula is C25H22N4O4S. The van der Waals surface area contributed by atoms with Crippen LogP contribution in [0.25, 0.3) is 16.6 Å². The molecule has 0 saturated carbocycles. The summed E-state index contributed by atoms with van der Waals surface area (Å²) in [5, 5.41) is 14.2. The minimum absolute atomic E-state index is 0.101. The number of thioether (sulfide) groups is 1. The Morgan fingerprint density at radius 1 is 1.12 bits per heavy atom. The number of aromatic nitrogens is 2. The Bertz CT molecular complexity index is 1440. The number of rotatable bonds is 7. The first-order valence-corrected chi connectivity index (χ1v) is 11.6. The van der Waals surface area contributed by atoms with Crippen LogP contribution < -0.4 is 10.9 Å². The second kappa shape index (κ2) is 9.88. The summed E-state index contributed by atoms with van der Waals surface area (Å²) in [6, 6.07) is 20.6. The molecule has 0 spiro atoms. The van der Waals surface area contributed by atoms with E-state index in [0.717, 1.165) is 0 Å². The lowest BCUT2D eigenvalue weighted by atomic mass is 10.1. The fraction of sp³-hybridized carbons (Fsp3) is 0.160. The third kappa shape index (κ3) is 4.69. The molecule has 8 nitrogen and oxygen atoms in total. The Kier molecular flexibility index (Phi) is 6.74. The van der Waals surface area contributed by atoms with E-state index in [4.69, 9.17) is 4.98 Å². The van der Waals surface area contributed by atoms with Crippen molar-refractivity contribution in [1.82, 2.24) is 9.55 Å². The van der Waals surface area contributed by atoms with Gasteiger partial charge in [0.1, 0.15) is 0 Å². The average Bonchev–Trinajstić information content (AvgIpc) is 2.84. The van der Waals surface area contributed by atoms with Crippen LogP contribution >= 0.6 is 11.8 Å². The highest BCUT2D eigenvalue weighted by atomic mass is 32.2. The molecule has 3 aromatic carbocycles. The summed E-state index contributed by atoms with van der Waals surface area (Å²) in [6.07, 6.45) is 0.460. The van der Waals surface area contributed by atoms with Gasteiger partial charge in [-0.3, -0.25) is 24.3 Å². The van der Waals surface area contributed by atoms with Crippen LogP contribution in [-0.2, 0) is 4.79 Å². The zero-order chi connectivity index (χ0) is 24.2. The Morgan fingerprint density at radius 2 is 1.82 bits per heavy atom. The molecule has 4 rings (SSSR count). The summed E-state index contributed by atoms with van der Waals surface area (Å²) in [6.45, 7) is 3.63. The van der Waals surface area contributed by atoms with Crippen LogP contribution in [0.5, 0.6) is 0 Å². The highest BCUT2D eigenvalue weighted by Gasteiger charge is 2.23. The quantitative estimate of drug-likeness (QED) is 0.173. The maximum Gasteiger partial charge on any atom is 0.271 e. The number of para-hydroxylation sites is 2. The number of anilines is 1. The van der Waals surface area contributed by atoms with Crippen LogP contribution in [0.3, 0.4) is 0 Å². The third-order valence-electron chi connectivity index (χ3n) is 5.36. The van der Waals surface area contributed by atoms with E-state index in [1.54, 1.807) is 31.2 Å². The van der Waals surface area contributed by atoms with Crippen LogP contribution in [0.1, 0.15) is 18.9 Å².